The Morgan fingerprint density at radius 1 is 0.849 bits per heavy atom. The molecule has 25 heteroatoms. The van der Waals surface area contributed by atoms with E-state index in [1.165, 1.54) is 16.4 Å². The standard InChI is InChI=1S/C61H73N9O13S3/c1-7-70(44-17-21-80-22-18-44)51-31-43(42-10-8-9-40(28-42)34-69-19-23-81-24-20-69)30-45(38(51)4)55(72)62-32-47-36(2)27-37(3)63-58(47)83-61(79)82-25-26-84-85-35-50(60(77)78)66-53(71)15-13-49(59(75)76)67-57(74)52-14-16-54(86-52)68(6)33-41-11-12-48-46(29-41)56(73)65-39(5)64-48/h8-12,14,16,27-31,44,49-50H,7,13,15,17-26,32-35H2,1-6H3,(H,62,72)(H,66,71)(H,67,74)(H,75,76)(H,77,78)(H,64,65,73)/t49-,50?/m0/s1. The number of aromatic amines is 1. The summed E-state index contributed by atoms with van der Waals surface area (Å²) in [6.07, 6.45) is 0.0133. The van der Waals surface area contributed by atoms with Gasteiger partial charge in [0.25, 0.3) is 17.4 Å². The van der Waals surface area contributed by atoms with Gasteiger partial charge in [0, 0.05) is 106 Å². The van der Waals surface area contributed by atoms with Crippen molar-refractivity contribution >= 4 is 90.3 Å². The van der Waals surface area contributed by atoms with Gasteiger partial charge in [0.15, 0.2) is 0 Å². The zero-order chi connectivity index (χ0) is 61.4. The fraction of sp³-hybridized carbons (Fsp3) is 0.426. The first-order chi connectivity index (χ1) is 41.3. The minimum atomic E-state index is -1.45. The number of aryl methyl sites for hydroxylation is 3. The SMILES string of the molecule is CCN(c1cc(-c2cccc(CN3CCOCC3)c2)cc(C(=O)NCc2c(C)cc(C)nc2OC(=O)OCCSSCC(NC(=O)CC[C@H](NC(=O)c2ccc(N(C)Cc3ccc4nc(C)[nH]c(=O)c4c3)s2)C(=O)O)C(=O)O)c1C)C1CCOCC1. The van der Waals surface area contributed by atoms with Gasteiger partial charge in [0.2, 0.25) is 11.8 Å². The zero-order valence-electron chi connectivity index (χ0n) is 49.0. The highest BCUT2D eigenvalue weighted by atomic mass is 33.1. The number of fused-ring (bicyclic) bond motifs is 1. The molecule has 2 fully saturated rings. The molecule has 6 N–H and O–H groups in total. The fourth-order valence-electron chi connectivity index (χ4n) is 10.3. The number of amides is 3. The lowest BCUT2D eigenvalue weighted by molar-refractivity contribution is -0.142. The van der Waals surface area contributed by atoms with Gasteiger partial charge in [0.05, 0.1) is 34.0 Å². The number of hydrogen-bond donors (Lipinski definition) is 6. The zero-order valence-corrected chi connectivity index (χ0v) is 51.5. The Labute approximate surface area is 510 Å². The topological polar surface area (TPSA) is 284 Å². The molecule has 2 atom stereocenters. The van der Waals surface area contributed by atoms with E-state index in [1.54, 1.807) is 38.1 Å². The van der Waals surface area contributed by atoms with Crippen LogP contribution in [0.4, 0.5) is 15.5 Å². The summed E-state index contributed by atoms with van der Waals surface area (Å²) in [5.41, 5.74) is 8.38. The van der Waals surface area contributed by atoms with Gasteiger partial charge in [-0.05, 0) is 136 Å². The van der Waals surface area contributed by atoms with Crippen molar-refractivity contribution in [3.63, 3.8) is 0 Å². The van der Waals surface area contributed by atoms with E-state index >= 15 is 0 Å². The van der Waals surface area contributed by atoms with Crippen molar-refractivity contribution in [1.29, 1.82) is 0 Å². The molecule has 3 aromatic heterocycles. The molecule has 0 spiro atoms. The van der Waals surface area contributed by atoms with Crippen molar-refractivity contribution in [3.8, 4) is 17.0 Å². The lowest BCUT2D eigenvalue weighted by atomic mass is 9.94. The maximum atomic E-state index is 14.5. The van der Waals surface area contributed by atoms with Crippen molar-refractivity contribution in [2.45, 2.75) is 98.1 Å². The number of carbonyl (C=O) groups is 6. The summed E-state index contributed by atoms with van der Waals surface area (Å²) in [6.45, 7) is 15.7. The van der Waals surface area contributed by atoms with Crippen LogP contribution in [-0.2, 0) is 48.2 Å². The van der Waals surface area contributed by atoms with Gasteiger partial charge < -0.3 is 59.9 Å². The predicted molar refractivity (Wildman–Crippen MR) is 333 cm³/mol. The number of benzene rings is 3. The van der Waals surface area contributed by atoms with E-state index in [0.29, 0.717) is 71.5 Å². The second-order valence-corrected chi connectivity index (χ2v) is 24.8. The number of pyridine rings is 1. The Bertz CT molecular complexity index is 3480. The number of hydrogen-bond acceptors (Lipinski definition) is 19. The number of carbonyl (C=O) groups excluding carboxylic acids is 4. The molecule has 3 aromatic carbocycles. The monoisotopic (exact) mass is 1240 g/mol. The van der Waals surface area contributed by atoms with Crippen LogP contribution in [0.15, 0.2) is 77.6 Å². The van der Waals surface area contributed by atoms with Crippen molar-refractivity contribution in [2.75, 3.05) is 81.0 Å². The van der Waals surface area contributed by atoms with Gasteiger partial charge >= 0.3 is 18.1 Å². The van der Waals surface area contributed by atoms with Gasteiger partial charge in [-0.15, -0.1) is 11.3 Å². The minimum absolute atomic E-state index is 0.00836. The quantitative estimate of drug-likeness (QED) is 0.0163. The smallest absolute Gasteiger partial charge is 0.480 e. The number of rotatable bonds is 27. The summed E-state index contributed by atoms with van der Waals surface area (Å²) in [7, 11) is 4.12. The van der Waals surface area contributed by atoms with Gasteiger partial charge in [-0.3, -0.25) is 24.1 Å². The number of ether oxygens (including phenoxy) is 4. The van der Waals surface area contributed by atoms with Crippen LogP contribution in [0.2, 0.25) is 0 Å². The molecule has 2 aliphatic heterocycles. The minimum Gasteiger partial charge on any atom is -0.480 e. The fourth-order valence-corrected chi connectivity index (χ4v) is 13.2. The molecular weight excluding hydrogens is 1160 g/mol. The number of morpholine rings is 1. The molecule has 3 amide bonds. The van der Waals surface area contributed by atoms with Crippen LogP contribution >= 0.6 is 32.9 Å². The van der Waals surface area contributed by atoms with E-state index in [1.807, 2.05) is 44.0 Å². The lowest BCUT2D eigenvalue weighted by Crippen LogP contribution is -2.44. The van der Waals surface area contributed by atoms with Crippen LogP contribution in [0.25, 0.3) is 22.0 Å². The number of aromatic nitrogens is 3. The first-order valence-electron chi connectivity index (χ1n) is 28.4. The largest absolute Gasteiger partial charge is 0.515 e. The highest BCUT2D eigenvalue weighted by Crippen LogP contribution is 2.35. The molecule has 458 valence electrons. The van der Waals surface area contributed by atoms with E-state index in [9.17, 15) is 43.8 Å². The van der Waals surface area contributed by atoms with Crippen molar-refractivity contribution in [1.82, 2.24) is 35.8 Å². The molecule has 1 unspecified atom stereocenters. The van der Waals surface area contributed by atoms with Crippen LogP contribution in [0.1, 0.15) is 92.0 Å². The third-order valence-electron chi connectivity index (χ3n) is 14.8. The molecule has 2 aliphatic rings. The van der Waals surface area contributed by atoms with Gasteiger partial charge in [-0.1, -0.05) is 45.9 Å². The number of thiophene rings is 1. The highest BCUT2D eigenvalue weighted by Gasteiger charge is 2.28. The van der Waals surface area contributed by atoms with E-state index < -0.39 is 48.4 Å². The van der Waals surface area contributed by atoms with Gasteiger partial charge in [-0.2, -0.15) is 0 Å². The second-order valence-electron chi connectivity index (χ2n) is 21.1. The first kappa shape index (κ1) is 64.4. The number of carboxylic acids is 2. The van der Waals surface area contributed by atoms with E-state index in [0.717, 1.165) is 94.7 Å². The molecule has 22 nitrogen and oxygen atoms in total. The Morgan fingerprint density at radius 2 is 1.60 bits per heavy atom. The van der Waals surface area contributed by atoms with Crippen molar-refractivity contribution < 1.29 is 57.9 Å². The number of aliphatic carboxylic acids is 2. The Hall–Kier alpha value is -7.55. The molecule has 0 radical (unpaired) electrons. The molecular formula is C61H73N9O13S3. The third kappa shape index (κ3) is 17.6. The second kappa shape index (κ2) is 30.7. The van der Waals surface area contributed by atoms with E-state index in [2.05, 4.69) is 78.0 Å². The van der Waals surface area contributed by atoms with Crippen LogP contribution in [0.5, 0.6) is 5.88 Å². The molecule has 86 heavy (non-hydrogen) atoms. The van der Waals surface area contributed by atoms with Gasteiger partial charge in [-0.25, -0.2) is 24.4 Å². The highest BCUT2D eigenvalue weighted by molar-refractivity contribution is 8.76. The van der Waals surface area contributed by atoms with E-state index in [-0.39, 0.29) is 59.3 Å². The van der Waals surface area contributed by atoms with Crippen LogP contribution < -0.4 is 36.0 Å². The average molecular weight is 1240 g/mol. The molecule has 0 bridgehead atoms. The Balaban J connectivity index is 0.799. The summed E-state index contributed by atoms with van der Waals surface area (Å²) < 4.78 is 22.3. The average Bonchev–Trinajstić information content (AvgIpc) is 2.65. The number of carboxylic acid groups (broad SMARTS) is 2. The summed E-state index contributed by atoms with van der Waals surface area (Å²) in [5, 5.41) is 28.9. The molecule has 8 rings (SSSR count). The number of anilines is 2. The predicted octanol–water partition coefficient (Wildman–Crippen LogP) is 7.81. The number of nitrogens with zero attached hydrogens (tertiary/aromatic N) is 5. The van der Waals surface area contributed by atoms with Crippen LogP contribution in [0, 0.1) is 27.7 Å². The lowest BCUT2D eigenvalue weighted by Gasteiger charge is -2.37. The van der Waals surface area contributed by atoms with Crippen LogP contribution in [-0.4, -0.2) is 155 Å². The first-order valence-corrected chi connectivity index (χ1v) is 31.7. The molecule has 0 aliphatic carbocycles. The molecule has 5 heterocycles. The maximum absolute atomic E-state index is 14.5. The molecule has 6 aromatic rings. The number of H-pyrrole nitrogens is 1. The third-order valence-corrected chi connectivity index (χ3v) is 18.4. The normalized spacial score (nSPS) is 14.4. The molecule has 0 saturated carbocycles. The van der Waals surface area contributed by atoms with Gasteiger partial charge in [0.1, 0.15) is 24.5 Å². The molecule has 2 saturated heterocycles. The Morgan fingerprint density at radius 3 is 2.35 bits per heavy atom. The summed E-state index contributed by atoms with van der Waals surface area (Å²) in [6, 6.07) is 20.5. The number of nitrogens with one attached hydrogen (secondary N) is 4. The van der Waals surface area contributed by atoms with Crippen molar-refractivity contribution in [2.24, 2.45) is 0 Å². The van der Waals surface area contributed by atoms with E-state index in [4.69, 9.17) is 18.9 Å². The van der Waals surface area contributed by atoms with Crippen LogP contribution in [0.3, 0.4) is 0 Å². The summed E-state index contributed by atoms with van der Waals surface area (Å²) in [4.78, 5) is 109. The van der Waals surface area contributed by atoms with Crippen molar-refractivity contribution in [3.05, 3.63) is 133 Å². The summed E-state index contributed by atoms with van der Waals surface area (Å²) in [5.74, 6) is -3.75. The summed E-state index contributed by atoms with van der Waals surface area (Å²) >= 11 is 1.13. The maximum Gasteiger partial charge on any atom is 0.515 e. The Kier molecular flexibility index (Phi) is 23.0.